The third-order valence-electron chi connectivity index (χ3n) is 3.35. The third kappa shape index (κ3) is 3.58. The molecule has 1 atom stereocenters. The number of benzene rings is 2. The van der Waals surface area contributed by atoms with E-state index in [2.05, 4.69) is 31.3 Å². The lowest BCUT2D eigenvalue weighted by Gasteiger charge is -2.19. The summed E-state index contributed by atoms with van der Waals surface area (Å²) in [6.07, 6.45) is 0. The summed E-state index contributed by atoms with van der Waals surface area (Å²) in [5.74, 6) is 0.189. The number of anilines is 1. The minimum atomic E-state index is -0.290. The zero-order valence-electron chi connectivity index (χ0n) is 11.8. The number of rotatable bonds is 5. The van der Waals surface area contributed by atoms with Crippen molar-refractivity contribution in [1.82, 2.24) is 0 Å². The lowest BCUT2D eigenvalue weighted by atomic mass is 9.99. The van der Waals surface area contributed by atoms with E-state index in [1.807, 2.05) is 12.1 Å². The Balaban J connectivity index is 2.15. The molecule has 106 valence electrons. The molecule has 3 heteroatoms. The van der Waals surface area contributed by atoms with Crippen LogP contribution in [0.25, 0.3) is 0 Å². The quantitative estimate of drug-likeness (QED) is 0.859. The van der Waals surface area contributed by atoms with Crippen LogP contribution in [0.2, 0.25) is 0 Å². The van der Waals surface area contributed by atoms with Crippen molar-refractivity contribution in [2.24, 2.45) is 0 Å². The Labute approximate surface area is 119 Å². The minimum Gasteiger partial charge on any atom is -0.394 e. The summed E-state index contributed by atoms with van der Waals surface area (Å²) in [6.45, 7) is 4.24. The van der Waals surface area contributed by atoms with E-state index in [9.17, 15) is 9.50 Å². The summed E-state index contributed by atoms with van der Waals surface area (Å²) in [5, 5.41) is 12.7. The summed E-state index contributed by atoms with van der Waals surface area (Å²) in [6, 6.07) is 14.2. The second-order valence-electron chi connectivity index (χ2n) is 5.21. The van der Waals surface area contributed by atoms with Crippen molar-refractivity contribution in [3.63, 3.8) is 0 Å². The molecule has 0 spiro atoms. The highest BCUT2D eigenvalue weighted by molar-refractivity contribution is 5.46. The van der Waals surface area contributed by atoms with Gasteiger partial charge in [-0.1, -0.05) is 44.2 Å². The van der Waals surface area contributed by atoms with E-state index in [4.69, 9.17) is 0 Å². The van der Waals surface area contributed by atoms with Gasteiger partial charge in [0.25, 0.3) is 0 Å². The standard InChI is InChI=1S/C17H20FNO/c1-12(2)13-6-8-14(9-7-13)17(11-20)19-16-5-3-4-15(18)10-16/h3-10,12,17,19-20H,11H2,1-2H3. The van der Waals surface area contributed by atoms with Gasteiger partial charge >= 0.3 is 0 Å². The van der Waals surface area contributed by atoms with E-state index in [1.54, 1.807) is 12.1 Å². The molecule has 0 amide bonds. The Morgan fingerprint density at radius 2 is 1.70 bits per heavy atom. The Hall–Kier alpha value is -1.87. The first-order chi connectivity index (χ1) is 9.60. The molecule has 0 bridgehead atoms. The molecule has 0 aliphatic heterocycles. The van der Waals surface area contributed by atoms with Crippen molar-refractivity contribution in [1.29, 1.82) is 0 Å². The van der Waals surface area contributed by atoms with Gasteiger partial charge in [-0.15, -0.1) is 0 Å². The minimum absolute atomic E-state index is 0.0441. The molecule has 0 radical (unpaired) electrons. The number of hydrogen-bond donors (Lipinski definition) is 2. The van der Waals surface area contributed by atoms with Crippen molar-refractivity contribution in [3.8, 4) is 0 Å². The molecule has 0 aliphatic carbocycles. The van der Waals surface area contributed by atoms with E-state index in [0.717, 1.165) is 5.56 Å². The summed E-state index contributed by atoms with van der Waals surface area (Å²) in [7, 11) is 0. The maximum atomic E-state index is 13.2. The monoisotopic (exact) mass is 273 g/mol. The second kappa shape index (κ2) is 6.53. The molecule has 20 heavy (non-hydrogen) atoms. The average molecular weight is 273 g/mol. The molecule has 0 saturated heterocycles. The van der Waals surface area contributed by atoms with Crippen LogP contribution in [0.3, 0.4) is 0 Å². The topological polar surface area (TPSA) is 32.3 Å². The average Bonchev–Trinajstić information content (AvgIpc) is 2.45. The van der Waals surface area contributed by atoms with E-state index in [0.29, 0.717) is 11.6 Å². The van der Waals surface area contributed by atoms with Crippen molar-refractivity contribution in [2.45, 2.75) is 25.8 Å². The van der Waals surface area contributed by atoms with Gasteiger partial charge in [0.1, 0.15) is 5.82 Å². The molecule has 2 N–H and O–H groups in total. The fourth-order valence-corrected chi connectivity index (χ4v) is 2.13. The Kier molecular flexibility index (Phi) is 4.74. The lowest BCUT2D eigenvalue weighted by Crippen LogP contribution is -2.15. The normalized spacial score (nSPS) is 12.4. The van der Waals surface area contributed by atoms with Crippen LogP contribution in [0.1, 0.15) is 36.9 Å². The summed E-state index contributed by atoms with van der Waals surface area (Å²) in [5.41, 5.74) is 2.91. The van der Waals surface area contributed by atoms with Crippen molar-refractivity contribution in [3.05, 3.63) is 65.5 Å². The van der Waals surface area contributed by atoms with E-state index in [1.165, 1.54) is 17.7 Å². The lowest BCUT2D eigenvalue weighted by molar-refractivity contribution is 0.276. The van der Waals surface area contributed by atoms with E-state index < -0.39 is 0 Å². The largest absolute Gasteiger partial charge is 0.394 e. The number of nitrogens with one attached hydrogen (secondary N) is 1. The third-order valence-corrected chi connectivity index (χ3v) is 3.35. The molecule has 0 saturated carbocycles. The van der Waals surface area contributed by atoms with Gasteiger partial charge in [-0.05, 0) is 35.2 Å². The first-order valence-corrected chi connectivity index (χ1v) is 6.83. The molecule has 2 nitrogen and oxygen atoms in total. The summed E-state index contributed by atoms with van der Waals surface area (Å²) in [4.78, 5) is 0. The predicted molar refractivity (Wildman–Crippen MR) is 80.4 cm³/mol. The molecule has 0 aromatic heterocycles. The van der Waals surface area contributed by atoms with E-state index >= 15 is 0 Å². The summed E-state index contributed by atoms with van der Waals surface area (Å²) >= 11 is 0. The van der Waals surface area contributed by atoms with Gasteiger partial charge in [0.05, 0.1) is 12.6 Å². The van der Waals surface area contributed by atoms with Gasteiger partial charge in [-0.3, -0.25) is 0 Å². The van der Waals surface area contributed by atoms with Crippen LogP contribution in [-0.2, 0) is 0 Å². The second-order valence-corrected chi connectivity index (χ2v) is 5.21. The number of halogens is 1. The smallest absolute Gasteiger partial charge is 0.125 e. The van der Waals surface area contributed by atoms with Crippen molar-refractivity contribution >= 4 is 5.69 Å². The highest BCUT2D eigenvalue weighted by Crippen LogP contribution is 2.22. The van der Waals surface area contributed by atoms with Crippen LogP contribution < -0.4 is 5.32 Å². The Morgan fingerprint density at radius 1 is 1.05 bits per heavy atom. The number of aliphatic hydroxyl groups excluding tert-OH is 1. The Bertz CT molecular complexity index is 551. The zero-order chi connectivity index (χ0) is 14.5. The molecule has 1 unspecified atom stereocenters. The van der Waals surface area contributed by atoms with Crippen molar-refractivity contribution < 1.29 is 9.50 Å². The molecule has 0 fully saturated rings. The first-order valence-electron chi connectivity index (χ1n) is 6.83. The molecule has 2 aromatic carbocycles. The highest BCUT2D eigenvalue weighted by Gasteiger charge is 2.11. The van der Waals surface area contributed by atoms with Crippen LogP contribution >= 0.6 is 0 Å². The predicted octanol–water partition coefficient (Wildman–Crippen LogP) is 4.09. The zero-order valence-corrected chi connectivity index (χ0v) is 11.8. The SMILES string of the molecule is CC(C)c1ccc(C(CO)Nc2cccc(F)c2)cc1. The maximum absolute atomic E-state index is 13.2. The van der Waals surface area contributed by atoms with Gasteiger partial charge in [0, 0.05) is 5.69 Å². The van der Waals surface area contributed by atoms with Gasteiger partial charge in [0.15, 0.2) is 0 Å². The molecular formula is C17H20FNO. The number of hydrogen-bond acceptors (Lipinski definition) is 2. The molecule has 2 rings (SSSR count). The molecular weight excluding hydrogens is 253 g/mol. The fraction of sp³-hybridized carbons (Fsp3) is 0.294. The van der Waals surface area contributed by atoms with Gasteiger partial charge < -0.3 is 10.4 Å². The van der Waals surface area contributed by atoms with Crippen LogP contribution in [0.15, 0.2) is 48.5 Å². The van der Waals surface area contributed by atoms with Gasteiger partial charge in [-0.2, -0.15) is 0 Å². The van der Waals surface area contributed by atoms with Crippen LogP contribution in [0.4, 0.5) is 10.1 Å². The molecule has 0 aliphatic rings. The molecule has 2 aromatic rings. The van der Waals surface area contributed by atoms with Crippen LogP contribution in [0, 0.1) is 5.82 Å². The van der Waals surface area contributed by atoms with Gasteiger partial charge in [0.2, 0.25) is 0 Å². The summed E-state index contributed by atoms with van der Waals surface area (Å²) < 4.78 is 13.2. The highest BCUT2D eigenvalue weighted by atomic mass is 19.1. The van der Waals surface area contributed by atoms with Crippen LogP contribution in [-0.4, -0.2) is 11.7 Å². The van der Waals surface area contributed by atoms with E-state index in [-0.39, 0.29) is 18.5 Å². The molecule has 0 heterocycles. The van der Waals surface area contributed by atoms with Gasteiger partial charge in [-0.25, -0.2) is 4.39 Å². The fourth-order valence-electron chi connectivity index (χ4n) is 2.13. The number of aliphatic hydroxyl groups is 1. The first kappa shape index (κ1) is 14.5. The maximum Gasteiger partial charge on any atom is 0.125 e. The van der Waals surface area contributed by atoms with Crippen molar-refractivity contribution in [2.75, 3.05) is 11.9 Å². The van der Waals surface area contributed by atoms with Crippen LogP contribution in [0.5, 0.6) is 0 Å². The Morgan fingerprint density at radius 3 is 2.25 bits per heavy atom.